The molecule has 0 saturated heterocycles. The van der Waals surface area contributed by atoms with Crippen molar-refractivity contribution in [2.75, 3.05) is 6.54 Å². The largest absolute Gasteiger partial charge is 0.389 e. The van der Waals surface area contributed by atoms with Gasteiger partial charge in [0, 0.05) is 23.3 Å². The number of thiophene rings is 1. The summed E-state index contributed by atoms with van der Waals surface area (Å²) in [7, 11) is 0. The molecule has 0 spiro atoms. The SMILES string of the molecule is CCC1CCC(O)(CNCc2cc(C(N)=O)cs2)CC1. The van der Waals surface area contributed by atoms with Gasteiger partial charge in [0.15, 0.2) is 0 Å². The summed E-state index contributed by atoms with van der Waals surface area (Å²) < 4.78 is 0. The highest BCUT2D eigenvalue weighted by Gasteiger charge is 2.32. The molecule has 1 aliphatic rings. The van der Waals surface area contributed by atoms with Crippen molar-refractivity contribution in [1.29, 1.82) is 0 Å². The van der Waals surface area contributed by atoms with E-state index >= 15 is 0 Å². The summed E-state index contributed by atoms with van der Waals surface area (Å²) in [5.74, 6) is 0.398. The molecule has 1 aromatic heterocycles. The number of nitrogens with one attached hydrogen (secondary N) is 1. The average molecular weight is 296 g/mol. The summed E-state index contributed by atoms with van der Waals surface area (Å²) in [5, 5.41) is 15.6. The molecule has 1 aromatic rings. The Balaban J connectivity index is 1.76. The van der Waals surface area contributed by atoms with Crippen molar-refractivity contribution in [1.82, 2.24) is 5.32 Å². The Kier molecular flexibility index (Phi) is 5.18. The Bertz CT molecular complexity index is 450. The van der Waals surface area contributed by atoms with Gasteiger partial charge in [-0.3, -0.25) is 4.79 Å². The van der Waals surface area contributed by atoms with Gasteiger partial charge in [0.1, 0.15) is 0 Å². The van der Waals surface area contributed by atoms with Crippen LogP contribution in [0.4, 0.5) is 0 Å². The minimum atomic E-state index is -0.560. The van der Waals surface area contributed by atoms with Crippen molar-refractivity contribution < 1.29 is 9.90 Å². The second kappa shape index (κ2) is 6.70. The van der Waals surface area contributed by atoms with E-state index in [1.165, 1.54) is 17.8 Å². The predicted octanol–water partition coefficient (Wildman–Crippen LogP) is 2.27. The minimum absolute atomic E-state index is 0.385. The fourth-order valence-electron chi connectivity index (χ4n) is 2.82. The van der Waals surface area contributed by atoms with E-state index in [0.717, 1.165) is 36.5 Å². The molecule has 0 bridgehead atoms. The molecule has 0 unspecified atom stereocenters. The van der Waals surface area contributed by atoms with Crippen LogP contribution in [0.1, 0.15) is 54.3 Å². The molecule has 1 amide bonds. The molecule has 0 radical (unpaired) electrons. The van der Waals surface area contributed by atoms with E-state index in [1.807, 2.05) is 6.07 Å². The fourth-order valence-corrected chi connectivity index (χ4v) is 3.66. The monoisotopic (exact) mass is 296 g/mol. The smallest absolute Gasteiger partial charge is 0.249 e. The van der Waals surface area contributed by atoms with E-state index in [0.29, 0.717) is 18.7 Å². The maximum atomic E-state index is 11.0. The maximum absolute atomic E-state index is 11.0. The van der Waals surface area contributed by atoms with Gasteiger partial charge < -0.3 is 16.2 Å². The molecule has 1 saturated carbocycles. The molecule has 112 valence electrons. The average Bonchev–Trinajstić information content (AvgIpc) is 2.89. The van der Waals surface area contributed by atoms with Crippen LogP contribution in [0.15, 0.2) is 11.4 Å². The normalized spacial score (nSPS) is 26.6. The second-order valence-corrected chi connectivity index (χ2v) is 6.84. The Morgan fingerprint density at radius 2 is 2.25 bits per heavy atom. The summed E-state index contributed by atoms with van der Waals surface area (Å²) in [6.45, 7) is 3.52. The van der Waals surface area contributed by atoms with Gasteiger partial charge in [-0.2, -0.15) is 0 Å². The van der Waals surface area contributed by atoms with Crippen molar-refractivity contribution in [3.63, 3.8) is 0 Å². The third-order valence-corrected chi connectivity index (χ3v) is 5.24. The highest BCUT2D eigenvalue weighted by Crippen LogP contribution is 2.33. The molecule has 5 heteroatoms. The molecule has 1 fully saturated rings. The number of nitrogens with two attached hydrogens (primary N) is 1. The van der Waals surface area contributed by atoms with Crippen LogP contribution in [-0.4, -0.2) is 23.2 Å². The molecular formula is C15H24N2O2S. The van der Waals surface area contributed by atoms with E-state index in [1.54, 1.807) is 5.38 Å². The first-order chi connectivity index (χ1) is 9.52. The lowest BCUT2D eigenvalue weighted by Gasteiger charge is -2.36. The molecule has 20 heavy (non-hydrogen) atoms. The quantitative estimate of drug-likeness (QED) is 0.754. The number of rotatable bonds is 6. The first-order valence-electron chi connectivity index (χ1n) is 7.33. The van der Waals surface area contributed by atoms with Gasteiger partial charge in [-0.05, 0) is 37.7 Å². The van der Waals surface area contributed by atoms with Gasteiger partial charge in [-0.25, -0.2) is 0 Å². The molecule has 2 rings (SSSR count). The lowest BCUT2D eigenvalue weighted by Crippen LogP contribution is -2.43. The Morgan fingerprint density at radius 3 is 2.80 bits per heavy atom. The van der Waals surface area contributed by atoms with Crippen LogP contribution in [0.5, 0.6) is 0 Å². The molecule has 0 aliphatic heterocycles. The lowest BCUT2D eigenvalue weighted by atomic mass is 9.78. The third kappa shape index (κ3) is 4.04. The zero-order valence-electron chi connectivity index (χ0n) is 12.0. The number of carbonyl (C=O) groups excluding carboxylic acids is 1. The van der Waals surface area contributed by atoms with Gasteiger partial charge in [0.25, 0.3) is 0 Å². The minimum Gasteiger partial charge on any atom is -0.389 e. The van der Waals surface area contributed by atoms with Gasteiger partial charge in [-0.15, -0.1) is 11.3 Å². The van der Waals surface area contributed by atoms with Crippen molar-refractivity contribution >= 4 is 17.2 Å². The van der Waals surface area contributed by atoms with Crippen LogP contribution in [0, 0.1) is 5.92 Å². The van der Waals surface area contributed by atoms with E-state index in [9.17, 15) is 9.90 Å². The van der Waals surface area contributed by atoms with E-state index in [-0.39, 0.29) is 5.91 Å². The highest BCUT2D eigenvalue weighted by atomic mass is 32.1. The van der Waals surface area contributed by atoms with Crippen molar-refractivity contribution in [3.8, 4) is 0 Å². The second-order valence-electron chi connectivity index (χ2n) is 5.85. The number of primary amides is 1. The zero-order chi connectivity index (χ0) is 14.6. The Labute approximate surface area is 124 Å². The zero-order valence-corrected chi connectivity index (χ0v) is 12.8. The van der Waals surface area contributed by atoms with Crippen LogP contribution in [-0.2, 0) is 6.54 Å². The number of hydrogen-bond donors (Lipinski definition) is 3. The summed E-state index contributed by atoms with van der Waals surface area (Å²) >= 11 is 1.52. The van der Waals surface area contributed by atoms with Crippen molar-refractivity contribution in [2.24, 2.45) is 11.7 Å². The van der Waals surface area contributed by atoms with Crippen LogP contribution in [0.2, 0.25) is 0 Å². The number of carbonyl (C=O) groups is 1. The Morgan fingerprint density at radius 1 is 1.55 bits per heavy atom. The van der Waals surface area contributed by atoms with Crippen molar-refractivity contribution in [3.05, 3.63) is 21.9 Å². The van der Waals surface area contributed by atoms with Gasteiger partial charge in [0.2, 0.25) is 5.91 Å². The predicted molar refractivity (Wildman–Crippen MR) is 81.7 cm³/mol. The van der Waals surface area contributed by atoms with Crippen LogP contribution >= 0.6 is 11.3 Å². The molecule has 0 aromatic carbocycles. The summed E-state index contributed by atoms with van der Waals surface area (Å²) in [5.41, 5.74) is 5.23. The molecule has 0 atom stereocenters. The summed E-state index contributed by atoms with van der Waals surface area (Å²) in [6, 6.07) is 1.82. The number of amides is 1. The number of hydrogen-bond acceptors (Lipinski definition) is 4. The standard InChI is InChI=1S/C15H24N2O2S/c1-2-11-3-5-15(19,6-4-11)10-17-8-13-7-12(9-20-13)14(16)18/h7,9,11,17,19H,2-6,8,10H2,1H3,(H2,16,18). The summed E-state index contributed by atoms with van der Waals surface area (Å²) in [4.78, 5) is 12.1. The lowest BCUT2D eigenvalue weighted by molar-refractivity contribution is -0.00877. The fraction of sp³-hybridized carbons (Fsp3) is 0.667. The highest BCUT2D eigenvalue weighted by molar-refractivity contribution is 7.10. The maximum Gasteiger partial charge on any atom is 0.249 e. The molecule has 1 aliphatic carbocycles. The van der Waals surface area contributed by atoms with E-state index < -0.39 is 5.60 Å². The van der Waals surface area contributed by atoms with Crippen LogP contribution in [0.3, 0.4) is 0 Å². The van der Waals surface area contributed by atoms with Crippen molar-refractivity contribution in [2.45, 2.75) is 51.2 Å². The van der Waals surface area contributed by atoms with E-state index in [2.05, 4.69) is 12.2 Å². The van der Waals surface area contributed by atoms with Gasteiger partial charge in [0.05, 0.1) is 11.2 Å². The number of aliphatic hydroxyl groups is 1. The van der Waals surface area contributed by atoms with E-state index in [4.69, 9.17) is 5.73 Å². The topological polar surface area (TPSA) is 75.3 Å². The molecule has 4 nitrogen and oxygen atoms in total. The van der Waals surface area contributed by atoms with Crippen LogP contribution < -0.4 is 11.1 Å². The molecule has 1 heterocycles. The first-order valence-corrected chi connectivity index (χ1v) is 8.21. The third-order valence-electron chi connectivity index (χ3n) is 4.30. The first kappa shape index (κ1) is 15.5. The molecule has 4 N–H and O–H groups in total. The Hall–Kier alpha value is -0.910. The summed E-state index contributed by atoms with van der Waals surface area (Å²) in [6.07, 6.45) is 5.23. The molecular weight excluding hydrogens is 272 g/mol. The van der Waals surface area contributed by atoms with Gasteiger partial charge in [-0.1, -0.05) is 13.3 Å². The van der Waals surface area contributed by atoms with Crippen LogP contribution in [0.25, 0.3) is 0 Å². The van der Waals surface area contributed by atoms with Gasteiger partial charge >= 0.3 is 0 Å².